The normalized spacial score (nSPS) is 12.1. The SMILES string of the molecule is CCNC(=NCc1ccc(F)c(C)c1)NCCN(C)C(C)C. The monoisotopic (exact) mass is 308 g/mol. The molecule has 2 N–H and O–H groups in total. The fourth-order valence-corrected chi connectivity index (χ4v) is 1.93. The summed E-state index contributed by atoms with van der Waals surface area (Å²) in [4.78, 5) is 6.83. The number of rotatable bonds is 7. The Kier molecular flexibility index (Phi) is 7.88. The molecular weight excluding hydrogens is 279 g/mol. The van der Waals surface area contributed by atoms with E-state index in [0.29, 0.717) is 18.2 Å². The molecule has 0 aromatic heterocycles. The van der Waals surface area contributed by atoms with Crippen molar-refractivity contribution in [2.75, 3.05) is 26.7 Å². The summed E-state index contributed by atoms with van der Waals surface area (Å²) in [6.45, 7) is 11.3. The van der Waals surface area contributed by atoms with Crippen LogP contribution in [0.2, 0.25) is 0 Å². The van der Waals surface area contributed by atoms with Gasteiger partial charge in [-0.15, -0.1) is 0 Å². The smallest absolute Gasteiger partial charge is 0.191 e. The van der Waals surface area contributed by atoms with E-state index in [9.17, 15) is 4.39 Å². The number of likely N-dealkylation sites (N-methyl/N-ethyl adjacent to an activating group) is 1. The maximum Gasteiger partial charge on any atom is 0.191 e. The van der Waals surface area contributed by atoms with Crippen molar-refractivity contribution in [3.8, 4) is 0 Å². The summed E-state index contributed by atoms with van der Waals surface area (Å²) in [6.07, 6.45) is 0. The van der Waals surface area contributed by atoms with Crippen molar-refractivity contribution in [3.63, 3.8) is 0 Å². The van der Waals surface area contributed by atoms with E-state index in [0.717, 1.165) is 31.2 Å². The Hall–Kier alpha value is -1.62. The first kappa shape index (κ1) is 18.4. The van der Waals surface area contributed by atoms with Gasteiger partial charge in [0.1, 0.15) is 5.82 Å². The molecule has 0 fully saturated rings. The number of hydrogen-bond donors (Lipinski definition) is 2. The molecule has 0 unspecified atom stereocenters. The molecule has 0 amide bonds. The van der Waals surface area contributed by atoms with Crippen LogP contribution in [0.5, 0.6) is 0 Å². The third kappa shape index (κ3) is 6.43. The Morgan fingerprint density at radius 3 is 2.64 bits per heavy atom. The van der Waals surface area contributed by atoms with Gasteiger partial charge in [-0.2, -0.15) is 0 Å². The molecule has 4 nitrogen and oxygen atoms in total. The lowest BCUT2D eigenvalue weighted by atomic mass is 10.1. The van der Waals surface area contributed by atoms with Gasteiger partial charge in [0, 0.05) is 25.7 Å². The molecule has 5 heteroatoms. The highest BCUT2D eigenvalue weighted by Gasteiger charge is 2.04. The lowest BCUT2D eigenvalue weighted by molar-refractivity contribution is 0.278. The molecule has 0 aliphatic heterocycles. The zero-order valence-corrected chi connectivity index (χ0v) is 14.4. The van der Waals surface area contributed by atoms with Gasteiger partial charge in [-0.1, -0.05) is 12.1 Å². The molecule has 124 valence electrons. The van der Waals surface area contributed by atoms with Crippen LogP contribution in [-0.2, 0) is 6.54 Å². The predicted molar refractivity (Wildman–Crippen MR) is 91.7 cm³/mol. The molecule has 0 aliphatic carbocycles. The first-order valence-corrected chi connectivity index (χ1v) is 7.91. The minimum absolute atomic E-state index is 0.172. The number of guanidine groups is 1. The first-order valence-electron chi connectivity index (χ1n) is 7.91. The van der Waals surface area contributed by atoms with Gasteiger partial charge in [0.15, 0.2) is 5.96 Å². The Labute approximate surface area is 133 Å². The van der Waals surface area contributed by atoms with Crippen molar-refractivity contribution in [2.24, 2.45) is 4.99 Å². The number of hydrogen-bond acceptors (Lipinski definition) is 2. The summed E-state index contributed by atoms with van der Waals surface area (Å²) in [5, 5.41) is 6.55. The second-order valence-corrected chi connectivity index (χ2v) is 5.78. The molecule has 0 atom stereocenters. The average Bonchev–Trinajstić information content (AvgIpc) is 2.47. The van der Waals surface area contributed by atoms with Crippen LogP contribution in [0.3, 0.4) is 0 Å². The highest BCUT2D eigenvalue weighted by Crippen LogP contribution is 2.09. The Balaban J connectivity index is 2.55. The van der Waals surface area contributed by atoms with Crippen molar-refractivity contribution >= 4 is 5.96 Å². The Bertz CT molecular complexity index is 486. The molecule has 0 saturated heterocycles. The number of halogens is 1. The second kappa shape index (κ2) is 9.41. The summed E-state index contributed by atoms with van der Waals surface area (Å²) in [6, 6.07) is 5.65. The van der Waals surface area contributed by atoms with Crippen molar-refractivity contribution in [2.45, 2.75) is 40.3 Å². The molecule has 0 spiro atoms. The molecule has 0 bridgehead atoms. The van der Waals surface area contributed by atoms with Gasteiger partial charge in [0.05, 0.1) is 6.54 Å². The Morgan fingerprint density at radius 1 is 1.32 bits per heavy atom. The van der Waals surface area contributed by atoms with Crippen molar-refractivity contribution in [1.82, 2.24) is 15.5 Å². The minimum Gasteiger partial charge on any atom is -0.357 e. The van der Waals surface area contributed by atoms with E-state index in [4.69, 9.17) is 0 Å². The first-order chi connectivity index (χ1) is 10.4. The largest absolute Gasteiger partial charge is 0.357 e. The quantitative estimate of drug-likeness (QED) is 0.601. The van der Waals surface area contributed by atoms with Gasteiger partial charge in [-0.05, 0) is 51.9 Å². The standard InChI is InChI=1S/C17H29FN4/c1-6-19-17(20-9-10-22(5)13(2)3)21-12-15-7-8-16(18)14(4)11-15/h7-8,11,13H,6,9-10,12H2,1-5H3,(H2,19,20,21). The predicted octanol–water partition coefficient (Wildman–Crippen LogP) is 2.53. The summed E-state index contributed by atoms with van der Waals surface area (Å²) >= 11 is 0. The van der Waals surface area contributed by atoms with E-state index in [-0.39, 0.29) is 5.82 Å². The maximum atomic E-state index is 13.3. The molecule has 1 aromatic rings. The average molecular weight is 308 g/mol. The summed E-state index contributed by atoms with van der Waals surface area (Å²) in [5.41, 5.74) is 1.67. The number of benzene rings is 1. The van der Waals surface area contributed by atoms with Crippen LogP contribution in [0.1, 0.15) is 31.9 Å². The van der Waals surface area contributed by atoms with Crippen LogP contribution in [0.15, 0.2) is 23.2 Å². The third-order valence-corrected chi connectivity index (χ3v) is 3.62. The Morgan fingerprint density at radius 2 is 2.05 bits per heavy atom. The number of nitrogens with zero attached hydrogens (tertiary/aromatic N) is 2. The van der Waals surface area contributed by atoms with Gasteiger partial charge in [0.25, 0.3) is 0 Å². The van der Waals surface area contributed by atoms with Crippen LogP contribution in [0.4, 0.5) is 4.39 Å². The number of aliphatic imine (C=N–C) groups is 1. The maximum absolute atomic E-state index is 13.3. The van der Waals surface area contributed by atoms with Crippen LogP contribution in [-0.4, -0.2) is 43.6 Å². The highest BCUT2D eigenvalue weighted by molar-refractivity contribution is 5.79. The fourth-order valence-electron chi connectivity index (χ4n) is 1.93. The van der Waals surface area contributed by atoms with Gasteiger partial charge in [-0.3, -0.25) is 0 Å². The zero-order chi connectivity index (χ0) is 16.5. The van der Waals surface area contributed by atoms with Gasteiger partial charge in [-0.25, -0.2) is 9.38 Å². The topological polar surface area (TPSA) is 39.7 Å². The molecule has 1 rings (SSSR count). The lowest BCUT2D eigenvalue weighted by Crippen LogP contribution is -2.42. The van der Waals surface area contributed by atoms with E-state index >= 15 is 0 Å². The van der Waals surface area contributed by atoms with E-state index in [2.05, 4.69) is 41.4 Å². The van der Waals surface area contributed by atoms with E-state index in [1.54, 1.807) is 13.0 Å². The molecule has 0 aliphatic rings. The molecular formula is C17H29FN4. The van der Waals surface area contributed by atoms with Gasteiger partial charge in [0.2, 0.25) is 0 Å². The van der Waals surface area contributed by atoms with Crippen LogP contribution in [0, 0.1) is 12.7 Å². The molecule has 1 aromatic carbocycles. The summed E-state index contributed by atoms with van der Waals surface area (Å²) < 4.78 is 13.3. The summed E-state index contributed by atoms with van der Waals surface area (Å²) in [5.74, 6) is 0.621. The third-order valence-electron chi connectivity index (χ3n) is 3.62. The molecule has 0 saturated carbocycles. The van der Waals surface area contributed by atoms with Crippen molar-refractivity contribution in [1.29, 1.82) is 0 Å². The van der Waals surface area contributed by atoms with Crippen LogP contribution < -0.4 is 10.6 Å². The number of nitrogens with one attached hydrogen (secondary N) is 2. The zero-order valence-electron chi connectivity index (χ0n) is 14.4. The number of aryl methyl sites for hydroxylation is 1. The molecule has 0 heterocycles. The second-order valence-electron chi connectivity index (χ2n) is 5.78. The fraction of sp³-hybridized carbons (Fsp3) is 0.588. The van der Waals surface area contributed by atoms with E-state index in [1.165, 1.54) is 6.07 Å². The summed E-state index contributed by atoms with van der Waals surface area (Å²) in [7, 11) is 2.11. The lowest BCUT2D eigenvalue weighted by Gasteiger charge is -2.21. The van der Waals surface area contributed by atoms with Gasteiger partial charge < -0.3 is 15.5 Å². The van der Waals surface area contributed by atoms with Crippen LogP contribution >= 0.6 is 0 Å². The molecule has 0 radical (unpaired) electrons. The van der Waals surface area contributed by atoms with Crippen molar-refractivity contribution < 1.29 is 4.39 Å². The van der Waals surface area contributed by atoms with Gasteiger partial charge >= 0.3 is 0 Å². The highest BCUT2D eigenvalue weighted by atomic mass is 19.1. The van der Waals surface area contributed by atoms with Crippen LogP contribution in [0.25, 0.3) is 0 Å². The van der Waals surface area contributed by atoms with Crippen molar-refractivity contribution in [3.05, 3.63) is 35.1 Å². The van der Waals surface area contributed by atoms with E-state index < -0.39 is 0 Å². The minimum atomic E-state index is -0.172. The molecule has 22 heavy (non-hydrogen) atoms. The van der Waals surface area contributed by atoms with E-state index in [1.807, 2.05) is 13.0 Å².